The van der Waals surface area contributed by atoms with Crippen LogP contribution in [0.25, 0.3) is 0 Å². The molecule has 3 aliphatic rings. The Morgan fingerprint density at radius 2 is 1.77 bits per heavy atom. The number of nitrogens with zero attached hydrogens (tertiary/aromatic N) is 2. The van der Waals surface area contributed by atoms with Crippen molar-refractivity contribution in [2.75, 3.05) is 19.6 Å². The first-order chi connectivity index (χ1) is 14.2. The van der Waals surface area contributed by atoms with Gasteiger partial charge in [-0.15, -0.1) is 0 Å². The molecule has 1 aromatic carbocycles. The summed E-state index contributed by atoms with van der Waals surface area (Å²) in [5.74, 6) is -0.877. The van der Waals surface area contributed by atoms with Crippen LogP contribution in [0.4, 0.5) is 18.0 Å². The van der Waals surface area contributed by atoms with Gasteiger partial charge in [-0.1, -0.05) is 18.2 Å². The highest BCUT2D eigenvalue weighted by Gasteiger charge is 2.45. The number of amides is 2. The van der Waals surface area contributed by atoms with Crippen LogP contribution in [0.1, 0.15) is 29.9 Å². The number of allylic oxidation sites excluding steroid dienone is 2. The number of carbonyl (C=O) groups is 2. The Bertz CT molecular complexity index is 898. The monoisotopic (exact) mass is 421 g/mol. The Balaban J connectivity index is 1.35. The molecule has 1 saturated carbocycles. The fourth-order valence-electron chi connectivity index (χ4n) is 4.79. The van der Waals surface area contributed by atoms with E-state index in [9.17, 15) is 22.8 Å². The highest BCUT2D eigenvalue weighted by molar-refractivity contribution is 5.87. The number of nitrogens with one attached hydrogen (secondary N) is 1. The first-order valence-corrected chi connectivity index (χ1v) is 9.81. The summed E-state index contributed by atoms with van der Waals surface area (Å²) in [6.45, 7) is 1.04. The Morgan fingerprint density at radius 1 is 1.10 bits per heavy atom. The van der Waals surface area contributed by atoms with Crippen LogP contribution in [0.2, 0.25) is 0 Å². The summed E-state index contributed by atoms with van der Waals surface area (Å²) in [5, 5.41) is 10.5. The lowest BCUT2D eigenvalue weighted by atomic mass is 9.91. The number of carbonyl (C=O) groups excluding carboxylic acids is 1. The third-order valence-corrected chi connectivity index (χ3v) is 6.16. The van der Waals surface area contributed by atoms with Crippen molar-refractivity contribution in [2.45, 2.75) is 24.9 Å². The van der Waals surface area contributed by atoms with Gasteiger partial charge in [-0.25, -0.2) is 15.0 Å². The van der Waals surface area contributed by atoms with Gasteiger partial charge >= 0.3 is 18.2 Å². The zero-order valence-corrected chi connectivity index (χ0v) is 16.1. The molecule has 0 bridgehead atoms. The van der Waals surface area contributed by atoms with Gasteiger partial charge < -0.3 is 10.0 Å². The van der Waals surface area contributed by atoms with Gasteiger partial charge in [0.25, 0.3) is 0 Å². The molecule has 160 valence electrons. The quantitative estimate of drug-likeness (QED) is 0.782. The maximum Gasteiger partial charge on any atom is 0.416 e. The van der Waals surface area contributed by atoms with Crippen molar-refractivity contribution in [1.29, 1.82) is 0 Å². The minimum atomic E-state index is -4.37. The van der Waals surface area contributed by atoms with Crippen molar-refractivity contribution in [3.05, 3.63) is 59.3 Å². The Hall–Kier alpha value is -2.97. The summed E-state index contributed by atoms with van der Waals surface area (Å²) in [5.41, 5.74) is 2.64. The van der Waals surface area contributed by atoms with E-state index in [2.05, 4.69) is 5.43 Å². The SMILES string of the molecule is O=C(O)C1=CC=CN(NC(=O)N2C[C@H]3C[C@@H](c4ccccc4C(F)(F)F)C[C@H]3C2)C1. The zero-order valence-electron chi connectivity index (χ0n) is 16.1. The van der Waals surface area contributed by atoms with E-state index in [0.717, 1.165) is 6.07 Å². The average Bonchev–Trinajstić information content (AvgIpc) is 3.27. The molecule has 1 saturated heterocycles. The van der Waals surface area contributed by atoms with E-state index in [1.807, 2.05) is 0 Å². The number of fused-ring (bicyclic) bond motifs is 1. The number of halogens is 3. The molecule has 1 aromatic rings. The molecule has 30 heavy (non-hydrogen) atoms. The number of carboxylic acid groups (broad SMARTS) is 1. The zero-order chi connectivity index (χ0) is 21.5. The molecule has 0 aromatic heterocycles. The molecule has 1 aliphatic carbocycles. The second-order valence-corrected chi connectivity index (χ2v) is 8.06. The van der Waals surface area contributed by atoms with Crippen molar-refractivity contribution in [3.8, 4) is 0 Å². The Labute approximate surface area is 171 Å². The van der Waals surface area contributed by atoms with E-state index in [1.54, 1.807) is 29.3 Å². The second-order valence-electron chi connectivity index (χ2n) is 8.06. The van der Waals surface area contributed by atoms with Crippen LogP contribution >= 0.6 is 0 Å². The molecule has 2 aliphatic heterocycles. The van der Waals surface area contributed by atoms with Gasteiger partial charge in [0.1, 0.15) is 0 Å². The molecule has 2 amide bonds. The molecule has 2 heterocycles. The number of hydrogen-bond acceptors (Lipinski definition) is 3. The van der Waals surface area contributed by atoms with Crippen molar-refractivity contribution in [2.24, 2.45) is 11.8 Å². The maximum absolute atomic E-state index is 13.3. The average molecular weight is 421 g/mol. The number of aliphatic carboxylic acids is 1. The molecule has 2 N–H and O–H groups in total. The number of hydrazine groups is 1. The van der Waals surface area contributed by atoms with Gasteiger partial charge in [0.05, 0.1) is 17.7 Å². The predicted octanol–water partition coefficient (Wildman–Crippen LogP) is 3.60. The van der Waals surface area contributed by atoms with E-state index in [-0.39, 0.29) is 35.9 Å². The van der Waals surface area contributed by atoms with E-state index in [1.165, 1.54) is 17.2 Å². The van der Waals surface area contributed by atoms with Gasteiger partial charge in [0.2, 0.25) is 0 Å². The minimum Gasteiger partial charge on any atom is -0.478 e. The molecule has 9 heteroatoms. The van der Waals surface area contributed by atoms with Crippen LogP contribution in [-0.2, 0) is 11.0 Å². The van der Waals surface area contributed by atoms with Gasteiger partial charge in [-0.05, 0) is 54.4 Å². The lowest BCUT2D eigenvalue weighted by Gasteiger charge is -2.27. The van der Waals surface area contributed by atoms with Gasteiger partial charge in [-0.3, -0.25) is 5.01 Å². The van der Waals surface area contributed by atoms with Crippen molar-refractivity contribution in [1.82, 2.24) is 15.3 Å². The standard InChI is InChI=1S/C21H22F3N3O3/c22-21(23,24)18-6-2-1-5-17(18)14-8-15-10-26(11-16(15)9-14)20(30)25-27-7-3-4-13(12-27)19(28)29/h1-7,14-16H,8-12H2,(H,25,30)(H,28,29)/t14-,15-,16+. The molecule has 0 radical (unpaired) electrons. The van der Waals surface area contributed by atoms with Gasteiger partial charge in [0, 0.05) is 19.3 Å². The van der Waals surface area contributed by atoms with Gasteiger partial charge in [-0.2, -0.15) is 13.2 Å². The van der Waals surface area contributed by atoms with Crippen LogP contribution in [-0.4, -0.2) is 46.7 Å². The first kappa shape index (κ1) is 20.3. The van der Waals surface area contributed by atoms with Crippen molar-refractivity contribution >= 4 is 12.0 Å². The van der Waals surface area contributed by atoms with Crippen molar-refractivity contribution < 1.29 is 27.9 Å². The predicted molar refractivity (Wildman–Crippen MR) is 102 cm³/mol. The summed E-state index contributed by atoms with van der Waals surface area (Å²) in [7, 11) is 0. The van der Waals surface area contributed by atoms with Crippen LogP contribution < -0.4 is 5.43 Å². The summed E-state index contributed by atoms with van der Waals surface area (Å²) < 4.78 is 40.0. The molecule has 6 nitrogen and oxygen atoms in total. The summed E-state index contributed by atoms with van der Waals surface area (Å²) in [4.78, 5) is 25.3. The lowest BCUT2D eigenvalue weighted by Crippen LogP contribution is -2.47. The molecule has 0 unspecified atom stereocenters. The van der Waals surface area contributed by atoms with E-state index < -0.39 is 17.7 Å². The third-order valence-electron chi connectivity index (χ3n) is 6.16. The number of carboxylic acids is 1. The fourth-order valence-corrected chi connectivity index (χ4v) is 4.79. The van der Waals surface area contributed by atoms with Crippen LogP contribution in [0.5, 0.6) is 0 Å². The molecular formula is C21H22F3N3O3. The summed E-state index contributed by atoms with van der Waals surface area (Å²) in [6.07, 6.45) is 1.49. The van der Waals surface area contributed by atoms with E-state index in [0.29, 0.717) is 31.5 Å². The summed E-state index contributed by atoms with van der Waals surface area (Å²) in [6, 6.07) is 5.43. The Morgan fingerprint density at radius 3 is 2.40 bits per heavy atom. The maximum atomic E-state index is 13.3. The molecule has 0 spiro atoms. The highest BCUT2D eigenvalue weighted by Crippen LogP contribution is 2.48. The smallest absolute Gasteiger partial charge is 0.416 e. The van der Waals surface area contributed by atoms with Crippen LogP contribution in [0.15, 0.2) is 48.2 Å². The highest BCUT2D eigenvalue weighted by atomic mass is 19.4. The second kappa shape index (κ2) is 7.70. The van der Waals surface area contributed by atoms with Gasteiger partial charge in [0.15, 0.2) is 0 Å². The molecule has 4 rings (SSSR count). The normalized spacial score (nSPS) is 25.8. The third kappa shape index (κ3) is 4.01. The first-order valence-electron chi connectivity index (χ1n) is 9.81. The van der Waals surface area contributed by atoms with E-state index >= 15 is 0 Å². The fraction of sp³-hybridized carbons (Fsp3) is 0.429. The Kier molecular flexibility index (Phi) is 5.21. The van der Waals surface area contributed by atoms with Crippen molar-refractivity contribution in [3.63, 3.8) is 0 Å². The number of rotatable bonds is 3. The van der Waals surface area contributed by atoms with Crippen LogP contribution in [0.3, 0.4) is 0 Å². The number of hydrogen-bond donors (Lipinski definition) is 2. The largest absolute Gasteiger partial charge is 0.478 e. The molecule has 2 fully saturated rings. The number of benzene rings is 1. The summed E-state index contributed by atoms with van der Waals surface area (Å²) >= 11 is 0. The number of alkyl halides is 3. The van der Waals surface area contributed by atoms with E-state index in [4.69, 9.17) is 5.11 Å². The molecule has 3 atom stereocenters. The minimum absolute atomic E-state index is 0.0641. The van der Waals surface area contributed by atoms with Crippen LogP contribution in [0, 0.1) is 11.8 Å². The lowest BCUT2D eigenvalue weighted by molar-refractivity contribution is -0.138. The number of likely N-dealkylation sites (tertiary alicyclic amines) is 1. The number of urea groups is 1. The topological polar surface area (TPSA) is 72.9 Å². The molecular weight excluding hydrogens is 399 g/mol.